The summed E-state index contributed by atoms with van der Waals surface area (Å²) >= 11 is 0. The zero-order chi connectivity index (χ0) is 8.39. The van der Waals surface area contributed by atoms with Crippen molar-refractivity contribution >= 4 is 12.4 Å². The molecule has 1 N–H and O–H groups in total. The highest BCUT2D eigenvalue weighted by Gasteiger charge is 2.10. The van der Waals surface area contributed by atoms with Crippen LogP contribution in [0.2, 0.25) is 0 Å². The van der Waals surface area contributed by atoms with Gasteiger partial charge in [-0.15, -0.1) is 12.4 Å². The molecule has 0 radical (unpaired) electrons. The maximum absolute atomic E-state index is 4.93. The summed E-state index contributed by atoms with van der Waals surface area (Å²) in [7, 11) is 1.58. The monoisotopic (exact) mass is 201 g/mol. The van der Waals surface area contributed by atoms with Gasteiger partial charge >= 0.3 is 6.01 Å². The molecule has 2 rings (SSSR count). The zero-order valence-corrected chi connectivity index (χ0v) is 8.23. The molecule has 13 heavy (non-hydrogen) atoms. The number of nitrogens with one attached hydrogen (secondary N) is 1. The van der Waals surface area contributed by atoms with Crippen LogP contribution in [0.5, 0.6) is 6.01 Å². The topological polar surface area (TPSA) is 47.0 Å². The van der Waals surface area contributed by atoms with Gasteiger partial charge in [0.25, 0.3) is 0 Å². The third-order valence-corrected chi connectivity index (χ3v) is 1.98. The minimum Gasteiger partial charge on any atom is -0.467 e. The van der Waals surface area contributed by atoms with Gasteiger partial charge in [0.2, 0.25) is 0 Å². The first kappa shape index (κ1) is 10.2. The van der Waals surface area contributed by atoms with Gasteiger partial charge < -0.3 is 10.1 Å². The number of ether oxygens (including phenoxy) is 1. The fourth-order valence-corrected chi connectivity index (χ4v) is 1.31. The van der Waals surface area contributed by atoms with Gasteiger partial charge in [0, 0.05) is 12.7 Å². The Kier molecular flexibility index (Phi) is 3.45. The van der Waals surface area contributed by atoms with Crippen LogP contribution in [0.4, 0.5) is 0 Å². The van der Waals surface area contributed by atoms with Gasteiger partial charge in [0.1, 0.15) is 0 Å². The number of hydrogen-bond acceptors (Lipinski definition) is 4. The molecule has 4 nitrogen and oxygen atoms in total. The van der Waals surface area contributed by atoms with Crippen molar-refractivity contribution in [3.63, 3.8) is 0 Å². The lowest BCUT2D eigenvalue weighted by Gasteiger charge is -2.15. The average molecular weight is 202 g/mol. The molecule has 0 aromatic carbocycles. The third kappa shape index (κ3) is 2.08. The van der Waals surface area contributed by atoms with E-state index in [9.17, 15) is 0 Å². The Morgan fingerprint density at radius 1 is 1.54 bits per heavy atom. The summed E-state index contributed by atoms with van der Waals surface area (Å²) in [6, 6.07) is 0.456. The predicted octanol–water partition coefficient (Wildman–Crippen LogP) is 0.553. The molecule has 0 atom stereocenters. The lowest BCUT2D eigenvalue weighted by atomic mass is 10.1. The van der Waals surface area contributed by atoms with Gasteiger partial charge in [0.15, 0.2) is 0 Å². The van der Waals surface area contributed by atoms with E-state index in [0.717, 1.165) is 25.2 Å². The molecule has 0 bridgehead atoms. The molecule has 0 saturated heterocycles. The van der Waals surface area contributed by atoms with Crippen molar-refractivity contribution in [2.75, 3.05) is 13.7 Å². The standard InChI is InChI=1S/C8H11N3O.ClH/c1-12-8-10-4-6-2-3-9-5-7(6)11-8;/h4,9H,2-3,5H2,1H3;1H. The Morgan fingerprint density at radius 2 is 2.38 bits per heavy atom. The Bertz CT molecular complexity index is 293. The molecular formula is C8H12ClN3O. The summed E-state index contributed by atoms with van der Waals surface area (Å²) < 4.78 is 4.93. The van der Waals surface area contributed by atoms with Gasteiger partial charge in [-0.3, -0.25) is 0 Å². The smallest absolute Gasteiger partial charge is 0.316 e. The summed E-state index contributed by atoms with van der Waals surface area (Å²) in [6.45, 7) is 1.84. The Morgan fingerprint density at radius 3 is 3.15 bits per heavy atom. The number of halogens is 1. The van der Waals surface area contributed by atoms with E-state index >= 15 is 0 Å². The maximum atomic E-state index is 4.93. The van der Waals surface area contributed by atoms with E-state index in [1.807, 2.05) is 6.20 Å². The van der Waals surface area contributed by atoms with Gasteiger partial charge in [0.05, 0.1) is 12.8 Å². The SMILES string of the molecule is COc1ncc2c(n1)CNCC2.Cl. The summed E-state index contributed by atoms with van der Waals surface area (Å²) in [5.74, 6) is 0. The molecule has 1 aromatic rings. The highest BCUT2D eigenvalue weighted by molar-refractivity contribution is 5.85. The van der Waals surface area contributed by atoms with Crippen molar-refractivity contribution in [2.45, 2.75) is 13.0 Å². The number of rotatable bonds is 1. The van der Waals surface area contributed by atoms with E-state index < -0.39 is 0 Å². The fraction of sp³-hybridized carbons (Fsp3) is 0.500. The van der Waals surface area contributed by atoms with Gasteiger partial charge in [-0.1, -0.05) is 0 Å². The number of aromatic nitrogens is 2. The van der Waals surface area contributed by atoms with Crippen molar-refractivity contribution in [3.8, 4) is 6.01 Å². The van der Waals surface area contributed by atoms with Crippen molar-refractivity contribution in [1.82, 2.24) is 15.3 Å². The second kappa shape index (κ2) is 4.39. The predicted molar refractivity (Wildman–Crippen MR) is 51.2 cm³/mol. The lowest BCUT2D eigenvalue weighted by molar-refractivity contribution is 0.375. The van der Waals surface area contributed by atoms with Crippen LogP contribution in [0, 0.1) is 0 Å². The molecule has 2 heterocycles. The van der Waals surface area contributed by atoms with Crippen molar-refractivity contribution in [1.29, 1.82) is 0 Å². The van der Waals surface area contributed by atoms with Crippen LogP contribution >= 0.6 is 12.4 Å². The summed E-state index contributed by atoms with van der Waals surface area (Å²) in [5, 5.41) is 3.25. The number of methoxy groups -OCH3 is 1. The van der Waals surface area contributed by atoms with Crippen LogP contribution in [-0.4, -0.2) is 23.6 Å². The second-order valence-electron chi connectivity index (χ2n) is 2.76. The molecule has 5 heteroatoms. The molecular weight excluding hydrogens is 190 g/mol. The van der Waals surface area contributed by atoms with E-state index in [0.29, 0.717) is 6.01 Å². The van der Waals surface area contributed by atoms with Crippen molar-refractivity contribution < 1.29 is 4.74 Å². The first-order valence-electron chi connectivity index (χ1n) is 3.99. The Balaban J connectivity index is 0.000000845. The van der Waals surface area contributed by atoms with E-state index in [1.165, 1.54) is 5.56 Å². The highest BCUT2D eigenvalue weighted by Crippen LogP contribution is 2.12. The van der Waals surface area contributed by atoms with Crippen LogP contribution < -0.4 is 10.1 Å². The van der Waals surface area contributed by atoms with Gasteiger partial charge in [-0.2, -0.15) is 4.98 Å². The number of hydrogen-bond donors (Lipinski definition) is 1. The molecule has 72 valence electrons. The van der Waals surface area contributed by atoms with E-state index in [2.05, 4.69) is 15.3 Å². The fourth-order valence-electron chi connectivity index (χ4n) is 1.31. The molecule has 0 saturated carbocycles. The molecule has 0 unspecified atom stereocenters. The summed E-state index contributed by atoms with van der Waals surface area (Å²) in [5.41, 5.74) is 2.29. The first-order valence-corrected chi connectivity index (χ1v) is 3.99. The Labute approximate surface area is 83.1 Å². The summed E-state index contributed by atoms with van der Waals surface area (Å²) in [4.78, 5) is 8.29. The number of nitrogens with zero attached hydrogens (tertiary/aromatic N) is 2. The second-order valence-corrected chi connectivity index (χ2v) is 2.76. The van der Waals surface area contributed by atoms with Crippen molar-refractivity contribution in [3.05, 3.63) is 17.5 Å². The minimum atomic E-state index is 0. The molecule has 1 aliphatic rings. The molecule has 1 aliphatic heterocycles. The normalized spacial score (nSPS) is 14.2. The van der Waals surface area contributed by atoms with Gasteiger partial charge in [-0.05, 0) is 18.5 Å². The average Bonchev–Trinajstić information content (AvgIpc) is 2.17. The molecule has 0 fully saturated rings. The van der Waals surface area contributed by atoms with E-state index in [4.69, 9.17) is 4.74 Å². The lowest BCUT2D eigenvalue weighted by Crippen LogP contribution is -2.25. The minimum absolute atomic E-state index is 0. The van der Waals surface area contributed by atoms with Crippen molar-refractivity contribution in [2.24, 2.45) is 0 Å². The van der Waals surface area contributed by atoms with E-state index in [1.54, 1.807) is 7.11 Å². The molecule has 1 aromatic heterocycles. The Hall–Kier alpha value is -0.870. The first-order chi connectivity index (χ1) is 5.90. The molecule has 0 aliphatic carbocycles. The quantitative estimate of drug-likeness (QED) is 0.721. The number of fused-ring (bicyclic) bond motifs is 1. The largest absolute Gasteiger partial charge is 0.467 e. The molecule has 0 amide bonds. The third-order valence-electron chi connectivity index (χ3n) is 1.98. The van der Waals surface area contributed by atoms with Crippen LogP contribution in [-0.2, 0) is 13.0 Å². The van der Waals surface area contributed by atoms with Crippen LogP contribution in [0.1, 0.15) is 11.3 Å². The molecule has 0 spiro atoms. The van der Waals surface area contributed by atoms with E-state index in [-0.39, 0.29) is 12.4 Å². The van der Waals surface area contributed by atoms with Crippen LogP contribution in [0.3, 0.4) is 0 Å². The summed E-state index contributed by atoms with van der Waals surface area (Å²) in [6.07, 6.45) is 2.86. The zero-order valence-electron chi connectivity index (χ0n) is 7.41. The van der Waals surface area contributed by atoms with Crippen LogP contribution in [0.25, 0.3) is 0 Å². The van der Waals surface area contributed by atoms with Gasteiger partial charge in [-0.25, -0.2) is 4.98 Å². The van der Waals surface area contributed by atoms with Crippen LogP contribution in [0.15, 0.2) is 6.20 Å². The maximum Gasteiger partial charge on any atom is 0.316 e. The highest BCUT2D eigenvalue weighted by atomic mass is 35.5.